The van der Waals surface area contributed by atoms with Crippen molar-refractivity contribution >= 4 is 29.0 Å². The Morgan fingerprint density at radius 3 is 2.41 bits per heavy atom. The standard InChI is InChI=1S/C29H28N4O3S/c1-18-17-23(19(2)32(18)25-11-6-5-9-22(25)28(34)36-4)27-26(24-10-7-8-16-30-24)31-29(37)33(27)20-12-14-21(35-3)15-13-20/h5-17,26-27H,1-4H3,(H,31,37). The number of anilines is 1. The Hall–Kier alpha value is -4.17. The van der Waals surface area contributed by atoms with Crippen LogP contribution in [0.4, 0.5) is 5.69 Å². The molecule has 1 fully saturated rings. The molecule has 1 aliphatic heterocycles. The van der Waals surface area contributed by atoms with Crippen molar-refractivity contribution in [3.8, 4) is 11.4 Å². The second kappa shape index (κ2) is 10.1. The molecule has 5 rings (SSSR count). The van der Waals surface area contributed by atoms with Crippen LogP contribution < -0.4 is 15.0 Å². The van der Waals surface area contributed by atoms with Gasteiger partial charge in [0.15, 0.2) is 5.11 Å². The van der Waals surface area contributed by atoms with Gasteiger partial charge in [0.2, 0.25) is 0 Å². The first-order chi connectivity index (χ1) is 17.9. The van der Waals surface area contributed by atoms with Gasteiger partial charge >= 0.3 is 5.97 Å². The van der Waals surface area contributed by atoms with E-state index < -0.39 is 0 Å². The molecule has 188 valence electrons. The lowest BCUT2D eigenvalue weighted by Gasteiger charge is -2.28. The molecule has 0 radical (unpaired) electrons. The third kappa shape index (κ3) is 4.34. The van der Waals surface area contributed by atoms with Crippen molar-refractivity contribution in [3.63, 3.8) is 0 Å². The lowest BCUT2D eigenvalue weighted by atomic mass is 9.96. The summed E-state index contributed by atoms with van der Waals surface area (Å²) in [4.78, 5) is 19.4. The molecule has 2 atom stereocenters. The van der Waals surface area contributed by atoms with Crippen LogP contribution in [0, 0.1) is 13.8 Å². The molecular formula is C29H28N4O3S. The van der Waals surface area contributed by atoms with Gasteiger partial charge in [-0.05, 0) is 86.2 Å². The SMILES string of the molecule is COC(=O)c1ccccc1-n1c(C)cc(C2C(c3ccccn3)NC(=S)N2c2ccc(OC)cc2)c1C. The summed E-state index contributed by atoms with van der Waals surface area (Å²) < 4.78 is 12.5. The average Bonchev–Trinajstić information content (AvgIpc) is 3.43. The molecule has 2 aromatic heterocycles. The molecule has 8 heteroatoms. The number of nitrogens with zero attached hydrogens (tertiary/aromatic N) is 3. The zero-order valence-corrected chi connectivity index (χ0v) is 22.0. The van der Waals surface area contributed by atoms with Crippen LogP contribution in [-0.4, -0.2) is 34.9 Å². The number of para-hydroxylation sites is 1. The molecule has 0 aliphatic carbocycles. The van der Waals surface area contributed by atoms with E-state index >= 15 is 0 Å². The van der Waals surface area contributed by atoms with Crippen molar-refractivity contribution in [1.82, 2.24) is 14.9 Å². The number of esters is 1. The van der Waals surface area contributed by atoms with E-state index in [1.165, 1.54) is 7.11 Å². The van der Waals surface area contributed by atoms with Crippen LogP contribution in [0.5, 0.6) is 5.75 Å². The van der Waals surface area contributed by atoms with Crippen LogP contribution in [0.3, 0.4) is 0 Å². The maximum absolute atomic E-state index is 12.6. The number of pyridine rings is 1. The van der Waals surface area contributed by atoms with Gasteiger partial charge in [-0.1, -0.05) is 18.2 Å². The van der Waals surface area contributed by atoms with Crippen molar-refractivity contribution in [2.75, 3.05) is 19.1 Å². The molecule has 4 aromatic rings. The Morgan fingerprint density at radius 1 is 1.00 bits per heavy atom. The predicted octanol–water partition coefficient (Wildman–Crippen LogP) is 5.46. The number of methoxy groups -OCH3 is 2. The van der Waals surface area contributed by atoms with Gasteiger partial charge in [-0.2, -0.15) is 0 Å². The van der Waals surface area contributed by atoms with E-state index in [1.54, 1.807) is 19.4 Å². The maximum atomic E-state index is 12.6. The number of nitrogens with one attached hydrogen (secondary N) is 1. The predicted molar refractivity (Wildman–Crippen MR) is 148 cm³/mol. The number of aryl methyl sites for hydroxylation is 1. The summed E-state index contributed by atoms with van der Waals surface area (Å²) in [5.41, 5.74) is 6.20. The van der Waals surface area contributed by atoms with E-state index in [1.807, 2.05) is 67.6 Å². The van der Waals surface area contributed by atoms with Crippen molar-refractivity contribution in [3.05, 3.63) is 107 Å². The molecular weight excluding hydrogens is 484 g/mol. The summed E-state index contributed by atoms with van der Waals surface area (Å²) in [6.45, 7) is 4.11. The Morgan fingerprint density at radius 2 is 1.73 bits per heavy atom. The third-order valence-corrected chi connectivity index (χ3v) is 7.10. The van der Waals surface area contributed by atoms with E-state index in [-0.39, 0.29) is 18.1 Å². The minimum atomic E-state index is -0.375. The molecule has 0 bridgehead atoms. The number of thiocarbonyl (C=S) groups is 1. The zero-order chi connectivity index (χ0) is 26.1. The molecule has 7 nitrogen and oxygen atoms in total. The smallest absolute Gasteiger partial charge is 0.339 e. The second-order valence-electron chi connectivity index (χ2n) is 8.87. The fourth-order valence-electron chi connectivity index (χ4n) is 5.10. The highest BCUT2D eigenvalue weighted by Crippen LogP contribution is 2.44. The molecule has 3 heterocycles. The molecule has 0 amide bonds. The summed E-state index contributed by atoms with van der Waals surface area (Å²) in [6.07, 6.45) is 1.79. The normalized spacial score (nSPS) is 17.0. The summed E-state index contributed by atoms with van der Waals surface area (Å²) in [6, 6.07) is 23.1. The van der Waals surface area contributed by atoms with E-state index in [4.69, 9.17) is 21.7 Å². The van der Waals surface area contributed by atoms with Gasteiger partial charge in [0.05, 0.1) is 43.2 Å². The molecule has 37 heavy (non-hydrogen) atoms. The molecule has 0 spiro atoms. The molecule has 1 saturated heterocycles. The molecule has 1 N–H and O–H groups in total. The largest absolute Gasteiger partial charge is 0.497 e. The monoisotopic (exact) mass is 512 g/mol. The van der Waals surface area contributed by atoms with Gasteiger partial charge in [-0.15, -0.1) is 0 Å². The van der Waals surface area contributed by atoms with Crippen LogP contribution in [-0.2, 0) is 4.74 Å². The zero-order valence-electron chi connectivity index (χ0n) is 21.1. The minimum absolute atomic E-state index is 0.180. The Bertz CT molecular complexity index is 1450. The summed E-state index contributed by atoms with van der Waals surface area (Å²) in [7, 11) is 3.05. The summed E-state index contributed by atoms with van der Waals surface area (Å²) in [5.74, 6) is 0.400. The second-order valence-corrected chi connectivity index (χ2v) is 9.25. The van der Waals surface area contributed by atoms with E-state index in [2.05, 4.69) is 32.8 Å². The quantitative estimate of drug-likeness (QED) is 0.272. The average molecular weight is 513 g/mol. The number of hydrogen-bond acceptors (Lipinski definition) is 5. The lowest BCUT2D eigenvalue weighted by molar-refractivity contribution is 0.0600. The van der Waals surface area contributed by atoms with Gasteiger partial charge in [0, 0.05) is 23.3 Å². The van der Waals surface area contributed by atoms with Crippen LogP contribution in [0.1, 0.15) is 45.1 Å². The van der Waals surface area contributed by atoms with E-state index in [9.17, 15) is 4.79 Å². The van der Waals surface area contributed by atoms with Gasteiger partial charge in [0.1, 0.15) is 5.75 Å². The fraction of sp³-hybridized carbons (Fsp3) is 0.207. The van der Waals surface area contributed by atoms with Crippen LogP contribution >= 0.6 is 12.2 Å². The molecule has 2 aromatic carbocycles. The highest BCUT2D eigenvalue weighted by atomic mass is 32.1. The lowest BCUT2D eigenvalue weighted by Crippen LogP contribution is -2.29. The number of hydrogen-bond donors (Lipinski definition) is 1. The van der Waals surface area contributed by atoms with Gasteiger partial charge < -0.3 is 24.3 Å². The first kappa shape index (κ1) is 24.5. The van der Waals surface area contributed by atoms with Gasteiger partial charge in [-0.25, -0.2) is 4.79 Å². The number of benzene rings is 2. The number of carbonyl (C=O) groups excluding carboxylic acids is 1. The minimum Gasteiger partial charge on any atom is -0.497 e. The number of aromatic nitrogens is 2. The van der Waals surface area contributed by atoms with Crippen LogP contribution in [0.15, 0.2) is 79.0 Å². The van der Waals surface area contributed by atoms with Crippen molar-refractivity contribution in [2.45, 2.75) is 25.9 Å². The first-order valence-corrected chi connectivity index (χ1v) is 12.4. The highest BCUT2D eigenvalue weighted by Gasteiger charge is 2.42. The van der Waals surface area contributed by atoms with Crippen LogP contribution in [0.2, 0.25) is 0 Å². The number of ether oxygens (including phenoxy) is 2. The van der Waals surface area contributed by atoms with Crippen molar-refractivity contribution < 1.29 is 14.3 Å². The van der Waals surface area contributed by atoms with Crippen molar-refractivity contribution in [2.24, 2.45) is 0 Å². The van der Waals surface area contributed by atoms with Crippen molar-refractivity contribution in [1.29, 1.82) is 0 Å². The Labute approximate surface area is 221 Å². The Kier molecular flexibility index (Phi) is 6.67. The molecule has 1 aliphatic rings. The van der Waals surface area contributed by atoms with Crippen LogP contribution in [0.25, 0.3) is 5.69 Å². The highest BCUT2D eigenvalue weighted by molar-refractivity contribution is 7.80. The molecule has 0 saturated carbocycles. The fourth-order valence-corrected chi connectivity index (χ4v) is 5.45. The molecule has 2 unspecified atom stereocenters. The summed E-state index contributed by atoms with van der Waals surface area (Å²) in [5, 5.41) is 4.13. The number of carbonyl (C=O) groups is 1. The maximum Gasteiger partial charge on any atom is 0.339 e. The van der Waals surface area contributed by atoms with Gasteiger partial charge in [-0.3, -0.25) is 4.98 Å². The van der Waals surface area contributed by atoms with E-state index in [0.29, 0.717) is 10.7 Å². The summed E-state index contributed by atoms with van der Waals surface area (Å²) >= 11 is 5.87. The first-order valence-electron chi connectivity index (χ1n) is 12.0. The Balaban J connectivity index is 1.68. The van der Waals surface area contributed by atoms with E-state index in [0.717, 1.165) is 39.8 Å². The van der Waals surface area contributed by atoms with Gasteiger partial charge in [0.25, 0.3) is 0 Å². The third-order valence-electron chi connectivity index (χ3n) is 6.79. The topological polar surface area (TPSA) is 68.6 Å². The number of rotatable bonds is 6.